The molecule has 114 valence electrons. The Morgan fingerprint density at radius 1 is 0.947 bits per heavy atom. The van der Waals surface area contributed by atoms with Crippen molar-refractivity contribution >= 4 is 0 Å². The van der Waals surface area contributed by atoms with E-state index < -0.39 is 6.10 Å². The molecule has 2 N–H and O–H groups in total. The van der Waals surface area contributed by atoms with E-state index in [-0.39, 0.29) is 6.61 Å². The lowest BCUT2D eigenvalue weighted by Crippen LogP contribution is -2.15. The van der Waals surface area contributed by atoms with E-state index in [0.717, 1.165) is 0 Å². The number of hydrogen-bond donors (Lipinski definition) is 2. The van der Waals surface area contributed by atoms with Gasteiger partial charge in [-0.25, -0.2) is 0 Å². The maximum Gasteiger partial charge on any atom is 0.0829 e. The third-order valence-electron chi connectivity index (χ3n) is 1.53. The third-order valence-corrected chi connectivity index (χ3v) is 1.53. The minimum Gasteiger partial charge on any atom is -0.474 e. The monoisotopic (exact) mass is 278 g/mol. The van der Waals surface area contributed by atoms with Gasteiger partial charge in [0.25, 0.3) is 0 Å². The van der Waals surface area contributed by atoms with Gasteiger partial charge in [-0.2, -0.15) is 0 Å². The van der Waals surface area contributed by atoms with Crippen molar-refractivity contribution in [2.24, 2.45) is 0 Å². The molecule has 0 aromatic heterocycles. The van der Waals surface area contributed by atoms with Gasteiger partial charge in [0.15, 0.2) is 0 Å². The molecule has 0 aromatic carbocycles. The van der Waals surface area contributed by atoms with Crippen molar-refractivity contribution in [3.05, 3.63) is 25.7 Å². The summed E-state index contributed by atoms with van der Waals surface area (Å²) in [6.45, 7) is 10.9. The standard InChI is InChI=1S/C9H20O5.C4H6O/c1-9(11)8-14-7-6-13-5-4-12-3-2-10;1-3-5-4-2/h9-11H,2-8H2,1H3;3-4H,1-2H2. The first-order valence-corrected chi connectivity index (χ1v) is 6.08. The number of ether oxygens (including phenoxy) is 4. The molecule has 0 saturated heterocycles. The SMILES string of the molecule is C=COC=C.CC(O)COCCOCCOCCO. The summed E-state index contributed by atoms with van der Waals surface area (Å²) in [4.78, 5) is 0. The summed E-state index contributed by atoms with van der Waals surface area (Å²) in [5.74, 6) is 0. The molecule has 0 fully saturated rings. The Labute approximate surface area is 115 Å². The summed E-state index contributed by atoms with van der Waals surface area (Å²) in [5, 5.41) is 17.2. The minimum atomic E-state index is -0.428. The van der Waals surface area contributed by atoms with Crippen LogP contribution in [0, 0.1) is 0 Å². The zero-order chi connectivity index (χ0) is 14.8. The molecule has 0 spiro atoms. The average molecular weight is 278 g/mol. The molecule has 0 rings (SSSR count). The van der Waals surface area contributed by atoms with Crippen LogP contribution in [-0.2, 0) is 18.9 Å². The second-order valence-electron chi connectivity index (χ2n) is 3.34. The summed E-state index contributed by atoms with van der Waals surface area (Å²) in [5.41, 5.74) is 0. The number of aliphatic hydroxyl groups is 2. The average Bonchev–Trinajstić information content (AvgIpc) is 2.38. The van der Waals surface area contributed by atoms with Gasteiger partial charge in [-0.15, -0.1) is 0 Å². The van der Waals surface area contributed by atoms with Crippen LogP contribution in [0.4, 0.5) is 0 Å². The lowest BCUT2D eigenvalue weighted by Gasteiger charge is -2.07. The van der Waals surface area contributed by atoms with Crippen molar-refractivity contribution in [3.8, 4) is 0 Å². The molecule has 0 aliphatic rings. The summed E-state index contributed by atoms with van der Waals surface area (Å²) >= 11 is 0. The van der Waals surface area contributed by atoms with E-state index in [0.29, 0.717) is 39.6 Å². The Morgan fingerprint density at radius 2 is 1.42 bits per heavy atom. The Kier molecular flexibility index (Phi) is 20.8. The first-order chi connectivity index (χ1) is 9.18. The van der Waals surface area contributed by atoms with E-state index in [2.05, 4.69) is 17.9 Å². The highest BCUT2D eigenvalue weighted by molar-refractivity contribution is 4.57. The molecule has 6 heteroatoms. The fraction of sp³-hybridized carbons (Fsp3) is 0.692. The maximum absolute atomic E-state index is 8.84. The third kappa shape index (κ3) is 26.6. The molecule has 6 nitrogen and oxygen atoms in total. The van der Waals surface area contributed by atoms with E-state index >= 15 is 0 Å². The van der Waals surface area contributed by atoms with Crippen molar-refractivity contribution in [3.63, 3.8) is 0 Å². The number of rotatable bonds is 12. The van der Waals surface area contributed by atoms with Crippen LogP contribution in [0.2, 0.25) is 0 Å². The topological polar surface area (TPSA) is 77.4 Å². The quantitative estimate of drug-likeness (QED) is 0.404. The molecule has 1 unspecified atom stereocenters. The molecular weight excluding hydrogens is 252 g/mol. The molecule has 0 amide bonds. The zero-order valence-corrected chi connectivity index (χ0v) is 11.6. The molecule has 1 atom stereocenters. The van der Waals surface area contributed by atoms with Crippen LogP contribution < -0.4 is 0 Å². The molecule has 0 aliphatic heterocycles. The second kappa shape index (κ2) is 19.4. The van der Waals surface area contributed by atoms with Crippen LogP contribution in [0.15, 0.2) is 25.7 Å². The summed E-state index contributed by atoms with van der Waals surface area (Å²) < 4.78 is 19.5. The van der Waals surface area contributed by atoms with Gasteiger partial charge >= 0.3 is 0 Å². The van der Waals surface area contributed by atoms with Crippen LogP contribution in [-0.4, -0.2) is 62.6 Å². The van der Waals surface area contributed by atoms with Crippen LogP contribution in [0.1, 0.15) is 6.92 Å². The predicted molar refractivity (Wildman–Crippen MR) is 72.7 cm³/mol. The summed E-state index contributed by atoms with van der Waals surface area (Å²) in [6.07, 6.45) is 2.20. The second-order valence-corrected chi connectivity index (χ2v) is 3.34. The van der Waals surface area contributed by atoms with E-state index in [4.69, 9.17) is 24.4 Å². The van der Waals surface area contributed by atoms with Gasteiger partial charge in [0.05, 0.1) is 64.9 Å². The van der Waals surface area contributed by atoms with Crippen LogP contribution in [0.3, 0.4) is 0 Å². The number of hydrogen-bond acceptors (Lipinski definition) is 6. The van der Waals surface area contributed by atoms with Gasteiger partial charge in [-0.05, 0) is 6.92 Å². The Balaban J connectivity index is 0. The normalized spacial score (nSPS) is 11.1. The van der Waals surface area contributed by atoms with Crippen molar-refractivity contribution in [2.45, 2.75) is 13.0 Å². The van der Waals surface area contributed by atoms with Crippen LogP contribution >= 0.6 is 0 Å². The van der Waals surface area contributed by atoms with Gasteiger partial charge < -0.3 is 29.2 Å². The van der Waals surface area contributed by atoms with Crippen LogP contribution in [0.5, 0.6) is 0 Å². The fourth-order valence-electron chi connectivity index (χ4n) is 0.826. The largest absolute Gasteiger partial charge is 0.474 e. The fourth-order valence-corrected chi connectivity index (χ4v) is 0.826. The predicted octanol–water partition coefficient (Wildman–Crippen LogP) is 0.699. The maximum atomic E-state index is 8.84. The van der Waals surface area contributed by atoms with Gasteiger partial charge in [0.2, 0.25) is 0 Å². The Morgan fingerprint density at radius 3 is 1.79 bits per heavy atom. The summed E-state index contributed by atoms with van der Waals surface area (Å²) in [7, 11) is 0. The van der Waals surface area contributed by atoms with Gasteiger partial charge in [-0.1, -0.05) is 13.2 Å². The molecule has 0 heterocycles. The summed E-state index contributed by atoms with van der Waals surface area (Å²) in [6, 6.07) is 0. The Bertz CT molecular complexity index is 178. The smallest absolute Gasteiger partial charge is 0.0829 e. The minimum absolute atomic E-state index is 0.0392. The molecule has 0 aliphatic carbocycles. The van der Waals surface area contributed by atoms with E-state index in [1.54, 1.807) is 6.92 Å². The van der Waals surface area contributed by atoms with E-state index in [1.807, 2.05) is 0 Å². The highest BCUT2D eigenvalue weighted by Crippen LogP contribution is 1.84. The van der Waals surface area contributed by atoms with Crippen molar-refractivity contribution in [1.29, 1.82) is 0 Å². The number of aliphatic hydroxyl groups excluding tert-OH is 2. The van der Waals surface area contributed by atoms with Crippen molar-refractivity contribution < 1.29 is 29.2 Å². The molecule has 0 saturated carbocycles. The first kappa shape index (κ1) is 20.4. The molecule has 0 aromatic rings. The molecule has 0 radical (unpaired) electrons. The van der Waals surface area contributed by atoms with Crippen molar-refractivity contribution in [1.82, 2.24) is 0 Å². The lowest BCUT2D eigenvalue weighted by atomic mass is 10.4. The van der Waals surface area contributed by atoms with Gasteiger partial charge in [0.1, 0.15) is 0 Å². The molecular formula is C13H26O6. The van der Waals surface area contributed by atoms with E-state index in [1.165, 1.54) is 12.5 Å². The molecule has 0 bridgehead atoms. The lowest BCUT2D eigenvalue weighted by molar-refractivity contribution is -0.00922. The highest BCUT2D eigenvalue weighted by Gasteiger charge is 1.94. The van der Waals surface area contributed by atoms with E-state index in [9.17, 15) is 0 Å². The highest BCUT2D eigenvalue weighted by atomic mass is 16.5. The molecule has 19 heavy (non-hydrogen) atoms. The first-order valence-electron chi connectivity index (χ1n) is 6.08. The van der Waals surface area contributed by atoms with Gasteiger partial charge in [0, 0.05) is 0 Å². The Hall–Kier alpha value is -0.920. The van der Waals surface area contributed by atoms with Crippen molar-refractivity contribution in [2.75, 3.05) is 46.2 Å². The zero-order valence-electron chi connectivity index (χ0n) is 11.6. The van der Waals surface area contributed by atoms with Crippen LogP contribution in [0.25, 0.3) is 0 Å². The van der Waals surface area contributed by atoms with Gasteiger partial charge in [-0.3, -0.25) is 0 Å².